The highest BCUT2D eigenvalue weighted by Gasteiger charge is 2.29. The van der Waals surface area contributed by atoms with Gasteiger partial charge in [0.2, 0.25) is 5.91 Å². The van der Waals surface area contributed by atoms with Crippen molar-refractivity contribution in [3.05, 3.63) is 0 Å². The van der Waals surface area contributed by atoms with Gasteiger partial charge in [0.1, 0.15) is 0 Å². The molecular formula is C8H14N2O. The second kappa shape index (κ2) is 2.81. The van der Waals surface area contributed by atoms with E-state index in [1.54, 1.807) is 0 Å². The van der Waals surface area contributed by atoms with Crippen LogP contribution in [0.2, 0.25) is 0 Å². The predicted molar refractivity (Wildman–Crippen MR) is 42.2 cm³/mol. The van der Waals surface area contributed by atoms with E-state index in [2.05, 4.69) is 5.32 Å². The molecule has 1 N–H and O–H groups in total. The van der Waals surface area contributed by atoms with Crippen molar-refractivity contribution in [2.75, 3.05) is 26.2 Å². The van der Waals surface area contributed by atoms with Crippen LogP contribution in [0, 0.1) is 5.92 Å². The lowest BCUT2D eigenvalue weighted by Gasteiger charge is -2.32. The molecule has 0 aromatic heterocycles. The molecule has 11 heavy (non-hydrogen) atoms. The minimum atomic E-state index is 0.287. The van der Waals surface area contributed by atoms with Crippen molar-refractivity contribution in [3.63, 3.8) is 0 Å². The fourth-order valence-corrected chi connectivity index (χ4v) is 1.66. The van der Waals surface area contributed by atoms with Crippen LogP contribution < -0.4 is 5.32 Å². The van der Waals surface area contributed by atoms with E-state index in [0.717, 1.165) is 32.6 Å². The first-order valence-electron chi connectivity index (χ1n) is 4.37. The van der Waals surface area contributed by atoms with Gasteiger partial charge in [-0.1, -0.05) is 0 Å². The zero-order valence-electron chi connectivity index (χ0n) is 6.68. The number of amides is 1. The van der Waals surface area contributed by atoms with Crippen LogP contribution in [0.25, 0.3) is 0 Å². The Bertz CT molecular complexity index is 159. The van der Waals surface area contributed by atoms with Gasteiger partial charge in [-0.05, 0) is 19.4 Å². The number of carbonyl (C=O) groups is 1. The molecule has 2 aliphatic heterocycles. The molecule has 0 bridgehead atoms. The topological polar surface area (TPSA) is 32.3 Å². The van der Waals surface area contributed by atoms with Gasteiger partial charge in [-0.3, -0.25) is 4.79 Å². The summed E-state index contributed by atoms with van der Waals surface area (Å²) in [5, 5.41) is 3.21. The number of likely N-dealkylation sites (tertiary alicyclic amines) is 1. The number of hydrogen-bond acceptors (Lipinski definition) is 2. The molecule has 0 unspecified atom stereocenters. The summed E-state index contributed by atoms with van der Waals surface area (Å²) in [4.78, 5) is 13.5. The lowest BCUT2D eigenvalue weighted by Crippen LogP contribution is -2.45. The molecular weight excluding hydrogens is 140 g/mol. The molecule has 0 radical (unpaired) electrons. The molecule has 62 valence electrons. The molecule has 2 fully saturated rings. The summed E-state index contributed by atoms with van der Waals surface area (Å²) in [6, 6.07) is 0. The van der Waals surface area contributed by atoms with Crippen LogP contribution in [-0.4, -0.2) is 37.0 Å². The van der Waals surface area contributed by atoms with Gasteiger partial charge in [0.15, 0.2) is 0 Å². The minimum Gasteiger partial charge on any atom is -0.342 e. The molecule has 0 aromatic carbocycles. The van der Waals surface area contributed by atoms with Crippen molar-refractivity contribution in [1.82, 2.24) is 10.2 Å². The first-order valence-corrected chi connectivity index (χ1v) is 4.37. The van der Waals surface area contributed by atoms with E-state index in [1.165, 1.54) is 6.42 Å². The quantitative estimate of drug-likeness (QED) is 0.568. The Morgan fingerprint density at radius 1 is 1.45 bits per heavy atom. The fourth-order valence-electron chi connectivity index (χ4n) is 1.66. The largest absolute Gasteiger partial charge is 0.342 e. The number of carbonyl (C=O) groups excluding carboxylic acids is 1. The smallest absolute Gasteiger partial charge is 0.227 e. The SMILES string of the molecule is O=C([C@@H]1CCNC1)N1CCC1. The second-order valence-electron chi connectivity index (χ2n) is 3.37. The van der Waals surface area contributed by atoms with E-state index in [1.807, 2.05) is 4.90 Å². The van der Waals surface area contributed by atoms with Crippen molar-refractivity contribution in [1.29, 1.82) is 0 Å². The molecule has 3 nitrogen and oxygen atoms in total. The van der Waals surface area contributed by atoms with E-state index < -0.39 is 0 Å². The second-order valence-corrected chi connectivity index (χ2v) is 3.37. The molecule has 0 aromatic rings. The first kappa shape index (κ1) is 7.10. The van der Waals surface area contributed by atoms with Crippen molar-refractivity contribution in [2.24, 2.45) is 5.92 Å². The Morgan fingerprint density at radius 3 is 2.73 bits per heavy atom. The van der Waals surface area contributed by atoms with Gasteiger partial charge in [-0.25, -0.2) is 0 Å². The summed E-state index contributed by atoms with van der Waals surface area (Å²) >= 11 is 0. The molecule has 1 amide bonds. The fraction of sp³-hybridized carbons (Fsp3) is 0.875. The lowest BCUT2D eigenvalue weighted by molar-refractivity contribution is -0.138. The van der Waals surface area contributed by atoms with Gasteiger partial charge in [0, 0.05) is 19.6 Å². The maximum Gasteiger partial charge on any atom is 0.227 e. The Balaban J connectivity index is 1.87. The minimum absolute atomic E-state index is 0.287. The van der Waals surface area contributed by atoms with Crippen LogP contribution >= 0.6 is 0 Å². The van der Waals surface area contributed by atoms with Crippen LogP contribution in [0.3, 0.4) is 0 Å². The number of hydrogen-bond donors (Lipinski definition) is 1. The monoisotopic (exact) mass is 154 g/mol. The zero-order valence-corrected chi connectivity index (χ0v) is 6.68. The molecule has 1 atom stereocenters. The third-order valence-electron chi connectivity index (χ3n) is 2.58. The summed E-state index contributed by atoms with van der Waals surface area (Å²) in [6.07, 6.45) is 2.24. The first-order chi connectivity index (χ1) is 5.38. The number of rotatable bonds is 1. The highest BCUT2D eigenvalue weighted by atomic mass is 16.2. The van der Waals surface area contributed by atoms with Crippen molar-refractivity contribution in [2.45, 2.75) is 12.8 Å². The van der Waals surface area contributed by atoms with Crippen LogP contribution in [0.5, 0.6) is 0 Å². The normalized spacial score (nSPS) is 30.2. The number of nitrogens with zero attached hydrogens (tertiary/aromatic N) is 1. The van der Waals surface area contributed by atoms with Gasteiger partial charge >= 0.3 is 0 Å². The van der Waals surface area contributed by atoms with E-state index in [-0.39, 0.29) is 5.92 Å². The van der Waals surface area contributed by atoms with Crippen molar-refractivity contribution < 1.29 is 4.79 Å². The van der Waals surface area contributed by atoms with Gasteiger partial charge in [-0.2, -0.15) is 0 Å². The van der Waals surface area contributed by atoms with E-state index in [4.69, 9.17) is 0 Å². The maximum atomic E-state index is 11.5. The Kier molecular flexibility index (Phi) is 1.82. The van der Waals surface area contributed by atoms with Crippen molar-refractivity contribution >= 4 is 5.91 Å². The summed E-state index contributed by atoms with van der Waals surface area (Å²) in [7, 11) is 0. The Hall–Kier alpha value is -0.570. The Morgan fingerprint density at radius 2 is 2.27 bits per heavy atom. The van der Waals surface area contributed by atoms with Gasteiger partial charge < -0.3 is 10.2 Å². The van der Waals surface area contributed by atoms with Crippen LogP contribution in [-0.2, 0) is 4.79 Å². The average molecular weight is 154 g/mol. The summed E-state index contributed by atoms with van der Waals surface area (Å²) in [6.45, 7) is 3.91. The number of nitrogens with one attached hydrogen (secondary N) is 1. The van der Waals surface area contributed by atoms with Gasteiger partial charge in [0.05, 0.1) is 5.92 Å². The summed E-state index contributed by atoms with van der Waals surface area (Å²) < 4.78 is 0. The third kappa shape index (κ3) is 1.25. The van der Waals surface area contributed by atoms with Crippen molar-refractivity contribution in [3.8, 4) is 0 Å². The van der Waals surface area contributed by atoms with Gasteiger partial charge in [-0.15, -0.1) is 0 Å². The maximum absolute atomic E-state index is 11.5. The standard InChI is InChI=1S/C8H14N2O/c11-8(10-4-1-5-10)7-2-3-9-6-7/h7,9H,1-6H2/t7-/m1/s1. The molecule has 2 rings (SSSR count). The molecule has 0 spiro atoms. The van der Waals surface area contributed by atoms with E-state index >= 15 is 0 Å². The van der Waals surface area contributed by atoms with Gasteiger partial charge in [0.25, 0.3) is 0 Å². The summed E-state index contributed by atoms with van der Waals surface area (Å²) in [5.74, 6) is 0.663. The zero-order chi connectivity index (χ0) is 7.68. The molecule has 3 heteroatoms. The Labute approximate surface area is 66.8 Å². The van der Waals surface area contributed by atoms with Crippen LogP contribution in [0.15, 0.2) is 0 Å². The highest BCUT2D eigenvalue weighted by molar-refractivity contribution is 5.80. The molecule has 2 heterocycles. The predicted octanol–water partition coefficient (Wildman–Crippen LogP) is -0.172. The van der Waals surface area contributed by atoms with E-state index in [0.29, 0.717) is 5.91 Å². The van der Waals surface area contributed by atoms with Crippen LogP contribution in [0.4, 0.5) is 0 Å². The molecule has 0 saturated carbocycles. The lowest BCUT2D eigenvalue weighted by atomic mass is 10.1. The third-order valence-corrected chi connectivity index (χ3v) is 2.58. The molecule has 0 aliphatic carbocycles. The van der Waals surface area contributed by atoms with Crippen LogP contribution in [0.1, 0.15) is 12.8 Å². The highest BCUT2D eigenvalue weighted by Crippen LogP contribution is 2.15. The molecule has 2 saturated heterocycles. The van der Waals surface area contributed by atoms with E-state index in [9.17, 15) is 4.79 Å². The average Bonchev–Trinajstić information content (AvgIpc) is 2.32. The summed E-state index contributed by atoms with van der Waals surface area (Å²) in [5.41, 5.74) is 0. The molecule has 2 aliphatic rings.